The molecule has 2 N–H and O–H groups in total. The Hall–Kier alpha value is -2.20. The highest BCUT2D eigenvalue weighted by Crippen LogP contribution is 2.50. The number of esters is 2. The standard InChI is InChI=1S/C20H28B4O9S/c21-6-11-14(15(18(25)26)17(24)12(7-22)16(11)23)20(28)33-13-5-8-3-9(13)4-10(8)19(27)32-1-2-34(29,30)31/h8-10,13H,1-7,21-24H2,(H,25,26)(H,29,30,31). The van der Waals surface area contributed by atoms with Gasteiger partial charge < -0.3 is 14.6 Å². The van der Waals surface area contributed by atoms with Gasteiger partial charge in [0.05, 0.1) is 17.0 Å². The maximum absolute atomic E-state index is 13.3. The Labute approximate surface area is 202 Å². The van der Waals surface area contributed by atoms with Crippen molar-refractivity contribution in [2.75, 3.05) is 12.4 Å². The number of hydrogen-bond acceptors (Lipinski definition) is 7. The molecule has 4 unspecified atom stereocenters. The zero-order chi connectivity index (χ0) is 25.4. The van der Waals surface area contributed by atoms with Gasteiger partial charge in [-0.1, -0.05) is 29.1 Å². The number of hydrogen-bond donors (Lipinski definition) is 2. The highest BCUT2D eigenvalue weighted by atomic mass is 32.2. The summed E-state index contributed by atoms with van der Waals surface area (Å²) in [6, 6.07) is 0. The predicted molar refractivity (Wildman–Crippen MR) is 135 cm³/mol. The van der Waals surface area contributed by atoms with E-state index in [1.54, 1.807) is 7.85 Å². The van der Waals surface area contributed by atoms with Gasteiger partial charge in [-0.25, -0.2) is 9.59 Å². The topological polar surface area (TPSA) is 144 Å². The van der Waals surface area contributed by atoms with E-state index in [4.69, 9.17) is 14.0 Å². The van der Waals surface area contributed by atoms with E-state index in [1.807, 2.05) is 23.5 Å². The Morgan fingerprint density at radius 1 is 0.941 bits per heavy atom. The van der Waals surface area contributed by atoms with Gasteiger partial charge in [-0.15, -0.1) is 0 Å². The van der Waals surface area contributed by atoms with Crippen LogP contribution in [-0.2, 0) is 37.0 Å². The van der Waals surface area contributed by atoms with Crippen LogP contribution in [0, 0.1) is 17.8 Å². The quantitative estimate of drug-likeness (QED) is 0.203. The largest absolute Gasteiger partial charge is 0.478 e. The Morgan fingerprint density at radius 3 is 2.09 bits per heavy atom. The smallest absolute Gasteiger partial charge is 0.339 e. The second-order valence-corrected chi connectivity index (χ2v) is 10.8. The summed E-state index contributed by atoms with van der Waals surface area (Å²) in [5, 5.41) is 9.90. The highest BCUT2D eigenvalue weighted by molar-refractivity contribution is 7.85. The summed E-state index contributed by atoms with van der Waals surface area (Å²) < 4.78 is 41.2. The van der Waals surface area contributed by atoms with Crippen molar-refractivity contribution in [3.05, 3.63) is 22.3 Å². The lowest BCUT2D eigenvalue weighted by molar-refractivity contribution is -0.150. The van der Waals surface area contributed by atoms with Crippen molar-refractivity contribution >= 4 is 70.3 Å². The molecule has 2 aliphatic carbocycles. The van der Waals surface area contributed by atoms with E-state index < -0.39 is 52.4 Å². The number of carboxylic acid groups (broad SMARTS) is 1. The first kappa shape index (κ1) is 26.4. The second kappa shape index (κ2) is 10.2. The van der Waals surface area contributed by atoms with Gasteiger partial charge in [0.1, 0.15) is 49.8 Å². The van der Waals surface area contributed by atoms with Crippen LogP contribution in [0.1, 0.15) is 51.1 Å². The summed E-state index contributed by atoms with van der Waals surface area (Å²) >= 11 is 0. The fourth-order valence-electron chi connectivity index (χ4n) is 5.81. The average molecular weight is 488 g/mol. The van der Waals surface area contributed by atoms with Crippen molar-refractivity contribution in [3.63, 3.8) is 0 Å². The van der Waals surface area contributed by atoms with Crippen molar-refractivity contribution < 1.29 is 41.9 Å². The van der Waals surface area contributed by atoms with Gasteiger partial charge >= 0.3 is 17.9 Å². The van der Waals surface area contributed by atoms with Gasteiger partial charge in [0, 0.05) is 0 Å². The van der Waals surface area contributed by atoms with E-state index in [2.05, 4.69) is 0 Å². The molecule has 9 nitrogen and oxygen atoms in total. The molecule has 4 atom stereocenters. The van der Waals surface area contributed by atoms with Crippen molar-refractivity contribution in [2.24, 2.45) is 17.8 Å². The molecule has 1 aromatic rings. The van der Waals surface area contributed by atoms with Crippen LogP contribution < -0.4 is 10.9 Å². The summed E-state index contributed by atoms with van der Waals surface area (Å²) in [6.07, 6.45) is 2.33. The molecular weight excluding hydrogens is 460 g/mol. The molecule has 3 rings (SSSR count). The van der Waals surface area contributed by atoms with Crippen LogP contribution in [0.5, 0.6) is 0 Å². The van der Waals surface area contributed by atoms with Gasteiger partial charge in [-0.3, -0.25) is 9.35 Å². The van der Waals surface area contributed by atoms with Crippen LogP contribution in [-0.4, -0.2) is 85.8 Å². The number of carbonyl (C=O) groups is 3. The Kier molecular flexibility index (Phi) is 7.92. The molecule has 2 saturated carbocycles. The van der Waals surface area contributed by atoms with Crippen LogP contribution in [0.2, 0.25) is 0 Å². The molecule has 0 aromatic heterocycles. The Bertz CT molecular complexity index is 1120. The van der Waals surface area contributed by atoms with Gasteiger partial charge in [0.25, 0.3) is 10.1 Å². The molecule has 0 saturated heterocycles. The zero-order valence-electron chi connectivity index (χ0n) is 19.9. The van der Waals surface area contributed by atoms with Crippen LogP contribution in [0.4, 0.5) is 0 Å². The molecule has 0 spiro atoms. The normalized spacial score (nSPS) is 23.6. The molecular formula is C20H28B4O9S. The Morgan fingerprint density at radius 2 is 1.59 bits per heavy atom. The number of aromatic carboxylic acids is 1. The SMILES string of the molecule is BCc1c(B)c(CB)c(C(=O)OC2CC3CC2CC3C(=O)OCCS(=O)(=O)O)c(C(=O)O)c1B. The van der Waals surface area contributed by atoms with Gasteiger partial charge in [0.2, 0.25) is 0 Å². The summed E-state index contributed by atoms with van der Waals surface area (Å²) in [7, 11) is 3.26. The van der Waals surface area contributed by atoms with E-state index in [9.17, 15) is 27.9 Å². The number of benzene rings is 1. The maximum atomic E-state index is 13.3. The molecule has 2 aliphatic rings. The zero-order valence-corrected chi connectivity index (χ0v) is 20.7. The van der Waals surface area contributed by atoms with Gasteiger partial charge in [-0.2, -0.15) is 8.42 Å². The van der Waals surface area contributed by atoms with Crippen molar-refractivity contribution in [1.82, 2.24) is 0 Å². The molecule has 2 fully saturated rings. The number of ether oxygens (including phenoxy) is 2. The molecule has 14 heteroatoms. The van der Waals surface area contributed by atoms with Gasteiger partial charge in [0.15, 0.2) is 0 Å². The summed E-state index contributed by atoms with van der Waals surface area (Å²) in [5.41, 5.74) is 3.23. The summed E-state index contributed by atoms with van der Waals surface area (Å²) in [4.78, 5) is 37.7. The van der Waals surface area contributed by atoms with E-state index in [1.165, 1.54) is 0 Å². The lowest BCUT2D eigenvalue weighted by atomic mass is 9.68. The van der Waals surface area contributed by atoms with Crippen LogP contribution >= 0.6 is 0 Å². The maximum Gasteiger partial charge on any atom is 0.339 e. The van der Waals surface area contributed by atoms with Gasteiger partial charge in [-0.05, 0) is 36.7 Å². The molecule has 0 amide bonds. The molecule has 2 bridgehead atoms. The fourth-order valence-corrected chi connectivity index (χ4v) is 6.11. The monoisotopic (exact) mass is 488 g/mol. The third-order valence-electron chi connectivity index (χ3n) is 7.35. The van der Waals surface area contributed by atoms with Crippen molar-refractivity contribution in [3.8, 4) is 0 Å². The molecule has 1 aromatic carbocycles. The lowest BCUT2D eigenvalue weighted by Crippen LogP contribution is -2.37. The Balaban J connectivity index is 1.74. The van der Waals surface area contributed by atoms with E-state index in [0.29, 0.717) is 42.9 Å². The number of carboxylic acids is 1. The highest BCUT2D eigenvalue weighted by Gasteiger charge is 2.51. The lowest BCUT2D eigenvalue weighted by Gasteiger charge is -2.28. The molecule has 180 valence electrons. The van der Waals surface area contributed by atoms with Crippen molar-refractivity contribution in [1.29, 1.82) is 0 Å². The fraction of sp³-hybridized carbons (Fsp3) is 0.550. The van der Waals surface area contributed by atoms with Crippen LogP contribution in [0.15, 0.2) is 0 Å². The van der Waals surface area contributed by atoms with Crippen LogP contribution in [0.25, 0.3) is 0 Å². The second-order valence-electron chi connectivity index (χ2n) is 9.20. The summed E-state index contributed by atoms with van der Waals surface area (Å²) in [5.74, 6) is -3.48. The van der Waals surface area contributed by atoms with Crippen molar-refractivity contribution in [2.45, 2.75) is 38.0 Å². The number of carbonyl (C=O) groups excluding carboxylic acids is 2. The minimum Gasteiger partial charge on any atom is -0.478 e. The van der Waals surface area contributed by atoms with Crippen LogP contribution in [0.3, 0.4) is 0 Å². The third kappa shape index (κ3) is 5.22. The van der Waals surface area contributed by atoms with E-state index in [-0.39, 0.29) is 23.0 Å². The average Bonchev–Trinajstić information content (AvgIpc) is 3.32. The third-order valence-corrected chi connectivity index (χ3v) is 8.03. The minimum absolute atomic E-state index is 0.00672. The molecule has 0 radical (unpaired) electrons. The first-order chi connectivity index (χ1) is 15.9. The number of rotatable bonds is 9. The first-order valence-corrected chi connectivity index (χ1v) is 13.2. The molecule has 34 heavy (non-hydrogen) atoms. The van der Waals surface area contributed by atoms with E-state index >= 15 is 0 Å². The molecule has 0 heterocycles. The predicted octanol–water partition coefficient (Wildman–Crippen LogP) is -3.83. The molecule has 0 aliphatic heterocycles. The number of fused-ring (bicyclic) bond motifs is 2. The first-order valence-electron chi connectivity index (χ1n) is 11.6. The summed E-state index contributed by atoms with van der Waals surface area (Å²) in [6.45, 7) is -0.409. The van der Waals surface area contributed by atoms with E-state index in [0.717, 1.165) is 11.0 Å². The minimum atomic E-state index is -4.21.